The minimum absolute atomic E-state index is 0.113. The third-order valence-electron chi connectivity index (χ3n) is 3.49. The number of aromatic nitrogens is 2. The van der Waals surface area contributed by atoms with Crippen molar-refractivity contribution in [1.29, 1.82) is 0 Å². The molecular weight excluding hydrogens is 304 g/mol. The van der Waals surface area contributed by atoms with E-state index in [-0.39, 0.29) is 34.7 Å². The Morgan fingerprint density at radius 2 is 2.05 bits per heavy atom. The molecule has 0 saturated carbocycles. The van der Waals surface area contributed by atoms with Crippen LogP contribution < -0.4 is 10.2 Å². The molecule has 1 saturated heterocycles. The molecule has 1 N–H and O–H groups in total. The topological polar surface area (TPSA) is 92.3 Å². The number of rotatable bonds is 3. The van der Waals surface area contributed by atoms with Gasteiger partial charge in [-0.15, -0.1) is 0 Å². The lowest BCUT2D eigenvalue weighted by molar-refractivity contribution is 0.0914. The molecule has 1 aromatic rings. The lowest BCUT2D eigenvalue weighted by Crippen LogP contribution is -2.41. The number of carbonyl (C=O) groups excluding carboxylic acids is 1. The van der Waals surface area contributed by atoms with E-state index >= 15 is 0 Å². The van der Waals surface area contributed by atoms with E-state index in [9.17, 15) is 13.2 Å². The van der Waals surface area contributed by atoms with E-state index in [1.807, 2.05) is 20.8 Å². The van der Waals surface area contributed by atoms with Gasteiger partial charge < -0.3 is 10.2 Å². The first-order chi connectivity index (χ1) is 10.1. The van der Waals surface area contributed by atoms with Crippen molar-refractivity contribution < 1.29 is 13.2 Å². The van der Waals surface area contributed by atoms with E-state index in [1.165, 1.54) is 6.33 Å². The summed E-state index contributed by atoms with van der Waals surface area (Å²) in [6.45, 7) is 5.67. The van der Waals surface area contributed by atoms with Crippen LogP contribution in [0, 0.1) is 0 Å². The number of nitrogens with zero attached hydrogens (tertiary/aromatic N) is 3. The molecule has 0 radical (unpaired) electrons. The lowest BCUT2D eigenvalue weighted by atomic mass is 10.1. The lowest BCUT2D eigenvalue weighted by Gasteiger charge is -2.25. The summed E-state index contributed by atoms with van der Waals surface area (Å²) in [7, 11) is -1.17. The molecule has 1 unspecified atom stereocenters. The molecule has 1 aliphatic heterocycles. The van der Waals surface area contributed by atoms with Crippen molar-refractivity contribution in [2.75, 3.05) is 23.5 Å². The zero-order valence-electron chi connectivity index (χ0n) is 13.3. The molecule has 0 aliphatic carbocycles. The number of amides is 1. The molecule has 1 aromatic heterocycles. The first-order valence-corrected chi connectivity index (χ1v) is 8.97. The van der Waals surface area contributed by atoms with Gasteiger partial charge in [-0.05, 0) is 27.2 Å². The minimum Gasteiger partial charge on any atom is -0.356 e. The Labute approximate surface area is 131 Å². The summed E-state index contributed by atoms with van der Waals surface area (Å²) in [5, 5.41) is 2.84. The van der Waals surface area contributed by atoms with Crippen LogP contribution in [0.25, 0.3) is 0 Å². The number of hydrogen-bond acceptors (Lipinski definition) is 6. The molecule has 7 nitrogen and oxygen atoms in total. The second kappa shape index (κ2) is 5.83. The fraction of sp³-hybridized carbons (Fsp3) is 0.643. The largest absolute Gasteiger partial charge is 0.356 e. The molecule has 0 bridgehead atoms. The second-order valence-corrected chi connectivity index (χ2v) is 8.86. The van der Waals surface area contributed by atoms with Crippen molar-refractivity contribution in [1.82, 2.24) is 15.3 Å². The molecule has 1 fully saturated rings. The van der Waals surface area contributed by atoms with Gasteiger partial charge in [-0.3, -0.25) is 4.79 Å². The number of anilines is 1. The van der Waals surface area contributed by atoms with Gasteiger partial charge in [-0.2, -0.15) is 0 Å². The Hall–Kier alpha value is -1.70. The third kappa shape index (κ3) is 4.16. The highest BCUT2D eigenvalue weighted by Crippen LogP contribution is 2.21. The summed E-state index contributed by atoms with van der Waals surface area (Å²) >= 11 is 0. The summed E-state index contributed by atoms with van der Waals surface area (Å²) in [5.41, 5.74) is -0.0826. The van der Waals surface area contributed by atoms with Crippen LogP contribution in [-0.2, 0) is 9.84 Å². The normalized spacial score (nSPS) is 20.6. The summed E-state index contributed by atoms with van der Waals surface area (Å²) in [6.07, 6.45) is 1.90. The molecule has 1 atom stereocenters. The standard InChI is InChI=1S/C14H22N4O3S/c1-14(2,3)17-13(19)11-7-12(16-9-15-11)18(4)10-5-6-22(20,21)8-10/h7,9-10H,5-6,8H2,1-4H3,(H,17,19). The van der Waals surface area contributed by atoms with Gasteiger partial charge in [-0.25, -0.2) is 18.4 Å². The summed E-state index contributed by atoms with van der Waals surface area (Å²) in [5.74, 6) is 0.598. The first-order valence-electron chi connectivity index (χ1n) is 7.15. The van der Waals surface area contributed by atoms with Crippen molar-refractivity contribution >= 4 is 21.6 Å². The average molecular weight is 326 g/mol. The van der Waals surface area contributed by atoms with Crippen molar-refractivity contribution in [2.45, 2.75) is 38.8 Å². The van der Waals surface area contributed by atoms with E-state index in [0.29, 0.717) is 12.2 Å². The molecule has 8 heteroatoms. The smallest absolute Gasteiger partial charge is 0.270 e. The molecule has 2 rings (SSSR count). The second-order valence-electron chi connectivity index (χ2n) is 6.63. The van der Waals surface area contributed by atoms with E-state index in [4.69, 9.17) is 0 Å². The Balaban J connectivity index is 2.16. The van der Waals surface area contributed by atoms with Gasteiger partial charge >= 0.3 is 0 Å². The Morgan fingerprint density at radius 3 is 2.59 bits per heavy atom. The number of nitrogens with one attached hydrogen (secondary N) is 1. The highest BCUT2D eigenvalue weighted by molar-refractivity contribution is 7.91. The maximum Gasteiger partial charge on any atom is 0.270 e. The third-order valence-corrected chi connectivity index (χ3v) is 5.24. The zero-order valence-corrected chi connectivity index (χ0v) is 14.1. The van der Waals surface area contributed by atoms with Crippen molar-refractivity contribution in [3.8, 4) is 0 Å². The van der Waals surface area contributed by atoms with Crippen LogP contribution in [0.5, 0.6) is 0 Å². The molecule has 0 spiro atoms. The molecule has 2 heterocycles. The minimum atomic E-state index is -2.96. The van der Waals surface area contributed by atoms with Crippen LogP contribution in [0.2, 0.25) is 0 Å². The predicted octanol–water partition coefficient (Wildman–Crippen LogP) is 0.628. The van der Waals surface area contributed by atoms with Gasteiger partial charge in [0, 0.05) is 24.7 Å². The number of carbonyl (C=O) groups is 1. The zero-order chi connectivity index (χ0) is 16.5. The van der Waals surface area contributed by atoms with Gasteiger partial charge in [0.1, 0.15) is 17.8 Å². The molecule has 22 heavy (non-hydrogen) atoms. The monoisotopic (exact) mass is 326 g/mol. The van der Waals surface area contributed by atoms with Crippen molar-refractivity contribution in [3.63, 3.8) is 0 Å². The highest BCUT2D eigenvalue weighted by Gasteiger charge is 2.31. The van der Waals surface area contributed by atoms with Crippen LogP contribution in [0.15, 0.2) is 12.4 Å². The molecule has 1 aliphatic rings. The maximum absolute atomic E-state index is 12.1. The van der Waals surface area contributed by atoms with Crippen LogP contribution in [0.1, 0.15) is 37.7 Å². The van der Waals surface area contributed by atoms with Gasteiger partial charge in [-0.1, -0.05) is 0 Å². The molecule has 0 aromatic carbocycles. The Bertz CT molecular complexity index is 667. The van der Waals surface area contributed by atoms with Gasteiger partial charge in [0.25, 0.3) is 5.91 Å². The van der Waals surface area contributed by atoms with E-state index in [2.05, 4.69) is 15.3 Å². The van der Waals surface area contributed by atoms with Gasteiger partial charge in [0.05, 0.1) is 11.5 Å². The van der Waals surface area contributed by atoms with Gasteiger partial charge in [0.2, 0.25) is 0 Å². The maximum atomic E-state index is 12.1. The number of hydrogen-bond donors (Lipinski definition) is 1. The first kappa shape index (κ1) is 16.7. The molecular formula is C14H22N4O3S. The summed E-state index contributed by atoms with van der Waals surface area (Å²) < 4.78 is 23.2. The SMILES string of the molecule is CN(c1cc(C(=O)NC(C)(C)C)ncn1)C1CCS(=O)(=O)C1. The average Bonchev–Trinajstić information content (AvgIpc) is 2.76. The highest BCUT2D eigenvalue weighted by atomic mass is 32.2. The van der Waals surface area contributed by atoms with Crippen LogP contribution in [0.3, 0.4) is 0 Å². The predicted molar refractivity (Wildman–Crippen MR) is 84.7 cm³/mol. The van der Waals surface area contributed by atoms with E-state index in [0.717, 1.165) is 0 Å². The van der Waals surface area contributed by atoms with E-state index < -0.39 is 9.84 Å². The Kier molecular flexibility index (Phi) is 4.42. The summed E-state index contributed by atoms with van der Waals surface area (Å²) in [4.78, 5) is 22.1. The van der Waals surface area contributed by atoms with Gasteiger partial charge in [0.15, 0.2) is 9.84 Å². The fourth-order valence-corrected chi connectivity index (χ4v) is 4.11. The van der Waals surface area contributed by atoms with Crippen molar-refractivity contribution in [3.05, 3.63) is 18.1 Å². The fourth-order valence-electron chi connectivity index (χ4n) is 2.34. The number of sulfone groups is 1. The molecule has 122 valence electrons. The van der Waals surface area contributed by atoms with Crippen molar-refractivity contribution in [2.24, 2.45) is 0 Å². The van der Waals surface area contributed by atoms with Crippen LogP contribution in [-0.4, -0.2) is 54.4 Å². The van der Waals surface area contributed by atoms with E-state index in [1.54, 1.807) is 18.0 Å². The van der Waals surface area contributed by atoms with Crippen LogP contribution >= 0.6 is 0 Å². The van der Waals surface area contributed by atoms with Crippen LogP contribution in [0.4, 0.5) is 5.82 Å². The Morgan fingerprint density at radius 1 is 1.36 bits per heavy atom. The summed E-state index contributed by atoms with van der Waals surface area (Å²) in [6, 6.07) is 1.48. The quantitative estimate of drug-likeness (QED) is 0.876. The molecule has 1 amide bonds.